The molecule has 0 aliphatic rings. The Kier molecular flexibility index (Phi) is 6.03. The fourth-order valence-electron chi connectivity index (χ4n) is 3.20. The summed E-state index contributed by atoms with van der Waals surface area (Å²) in [6.07, 6.45) is 1.68. The number of amides is 1. The number of pyridine rings is 1. The van der Waals surface area contributed by atoms with Crippen molar-refractivity contribution in [2.45, 2.75) is 20.0 Å². The van der Waals surface area contributed by atoms with Gasteiger partial charge in [0.15, 0.2) is 6.61 Å². The highest BCUT2D eigenvalue weighted by Gasteiger charge is 2.12. The first-order valence-electron chi connectivity index (χ1n) is 9.95. The van der Waals surface area contributed by atoms with Gasteiger partial charge in [0.2, 0.25) is 0 Å². The molecular weight excluding hydrogens is 392 g/mol. The summed E-state index contributed by atoms with van der Waals surface area (Å²) in [5.41, 5.74) is 2.26. The predicted molar refractivity (Wildman–Crippen MR) is 118 cm³/mol. The van der Waals surface area contributed by atoms with E-state index in [9.17, 15) is 9.59 Å². The number of benzene rings is 2. The molecule has 2 aromatic carbocycles. The fraction of sp³-hybridized carbons (Fsp3) is 0.167. The van der Waals surface area contributed by atoms with E-state index in [1.165, 1.54) is 4.68 Å². The van der Waals surface area contributed by atoms with Crippen LogP contribution in [0.5, 0.6) is 5.75 Å². The SMILES string of the molecule is Cc1ccc(OCC(=O)NCc2nn(Cc3ccccn3)c(=O)c3ccccc23)cc1. The second kappa shape index (κ2) is 9.21. The van der Waals surface area contributed by atoms with Crippen LogP contribution in [0.25, 0.3) is 10.8 Å². The molecule has 1 N–H and O–H groups in total. The van der Waals surface area contributed by atoms with Gasteiger partial charge in [0.1, 0.15) is 5.75 Å². The Balaban J connectivity index is 1.51. The second-order valence-electron chi connectivity index (χ2n) is 7.15. The van der Waals surface area contributed by atoms with Crippen molar-refractivity contribution in [2.24, 2.45) is 0 Å². The predicted octanol–water partition coefficient (Wildman–Crippen LogP) is 2.84. The number of carbonyl (C=O) groups excluding carboxylic acids is 1. The molecule has 0 unspecified atom stereocenters. The van der Waals surface area contributed by atoms with Gasteiger partial charge in [-0.2, -0.15) is 5.10 Å². The Morgan fingerprint density at radius 1 is 1.00 bits per heavy atom. The number of ether oxygens (including phenoxy) is 1. The van der Waals surface area contributed by atoms with Crippen LogP contribution in [0.4, 0.5) is 0 Å². The van der Waals surface area contributed by atoms with Crippen molar-refractivity contribution in [3.8, 4) is 5.75 Å². The van der Waals surface area contributed by atoms with Gasteiger partial charge >= 0.3 is 0 Å². The first kappa shape index (κ1) is 20.3. The van der Waals surface area contributed by atoms with Gasteiger partial charge in [-0.1, -0.05) is 42.0 Å². The van der Waals surface area contributed by atoms with E-state index in [2.05, 4.69) is 15.4 Å². The number of fused-ring (bicyclic) bond motifs is 1. The summed E-state index contributed by atoms with van der Waals surface area (Å²) >= 11 is 0. The van der Waals surface area contributed by atoms with Gasteiger partial charge in [0.05, 0.1) is 29.9 Å². The fourth-order valence-corrected chi connectivity index (χ4v) is 3.20. The average Bonchev–Trinajstić information content (AvgIpc) is 2.80. The molecule has 156 valence electrons. The minimum atomic E-state index is -0.270. The number of nitrogens with zero attached hydrogens (tertiary/aromatic N) is 3. The van der Waals surface area contributed by atoms with Crippen molar-refractivity contribution >= 4 is 16.7 Å². The average molecular weight is 414 g/mol. The molecule has 2 heterocycles. The van der Waals surface area contributed by atoms with Crippen LogP contribution < -0.4 is 15.6 Å². The number of aromatic nitrogens is 3. The first-order chi connectivity index (χ1) is 15.1. The number of hydrogen-bond acceptors (Lipinski definition) is 5. The van der Waals surface area contributed by atoms with Crippen LogP contribution in [0.3, 0.4) is 0 Å². The number of carbonyl (C=O) groups is 1. The normalized spacial score (nSPS) is 10.7. The molecule has 0 aliphatic heterocycles. The van der Waals surface area contributed by atoms with Crippen LogP contribution in [0.15, 0.2) is 77.7 Å². The lowest BCUT2D eigenvalue weighted by atomic mass is 10.1. The Bertz CT molecular complexity index is 1250. The van der Waals surface area contributed by atoms with Crippen LogP contribution in [0.2, 0.25) is 0 Å². The molecule has 0 saturated heterocycles. The van der Waals surface area contributed by atoms with E-state index < -0.39 is 0 Å². The van der Waals surface area contributed by atoms with Crippen molar-refractivity contribution in [2.75, 3.05) is 6.61 Å². The van der Waals surface area contributed by atoms with E-state index in [0.717, 1.165) is 11.3 Å². The molecule has 0 aliphatic carbocycles. The maximum Gasteiger partial charge on any atom is 0.275 e. The van der Waals surface area contributed by atoms with Gasteiger partial charge < -0.3 is 10.1 Å². The van der Waals surface area contributed by atoms with E-state index in [0.29, 0.717) is 22.2 Å². The monoisotopic (exact) mass is 414 g/mol. The maximum absolute atomic E-state index is 12.9. The van der Waals surface area contributed by atoms with Crippen LogP contribution in [0.1, 0.15) is 17.0 Å². The molecule has 31 heavy (non-hydrogen) atoms. The summed E-state index contributed by atoms with van der Waals surface area (Å²) in [5.74, 6) is 0.363. The lowest BCUT2D eigenvalue weighted by Crippen LogP contribution is -2.31. The van der Waals surface area contributed by atoms with E-state index in [1.54, 1.807) is 12.3 Å². The van der Waals surface area contributed by atoms with Crippen LogP contribution in [0, 0.1) is 6.92 Å². The van der Waals surface area contributed by atoms with Crippen LogP contribution in [-0.2, 0) is 17.9 Å². The molecule has 4 rings (SSSR count). The highest BCUT2D eigenvalue weighted by Crippen LogP contribution is 2.14. The Morgan fingerprint density at radius 3 is 2.48 bits per heavy atom. The third-order valence-electron chi connectivity index (χ3n) is 4.83. The zero-order chi connectivity index (χ0) is 21.6. The quantitative estimate of drug-likeness (QED) is 0.503. The molecule has 0 atom stereocenters. The van der Waals surface area contributed by atoms with Gasteiger partial charge in [-0.3, -0.25) is 14.6 Å². The molecule has 0 spiro atoms. The van der Waals surface area contributed by atoms with Gasteiger partial charge in [-0.05, 0) is 37.3 Å². The molecule has 0 fully saturated rings. The molecule has 2 aromatic heterocycles. The summed E-state index contributed by atoms with van der Waals surface area (Å²) < 4.78 is 6.91. The zero-order valence-corrected chi connectivity index (χ0v) is 17.1. The lowest BCUT2D eigenvalue weighted by molar-refractivity contribution is -0.123. The van der Waals surface area contributed by atoms with Gasteiger partial charge in [-0.15, -0.1) is 0 Å². The number of rotatable bonds is 7. The van der Waals surface area contributed by atoms with E-state index in [-0.39, 0.29) is 31.2 Å². The summed E-state index contributed by atoms with van der Waals surface area (Å²) in [6, 6.07) is 20.3. The minimum Gasteiger partial charge on any atom is -0.484 e. The van der Waals surface area contributed by atoms with Crippen molar-refractivity contribution in [3.05, 3.63) is 100 Å². The van der Waals surface area contributed by atoms with E-state index in [4.69, 9.17) is 4.74 Å². The number of aryl methyl sites for hydroxylation is 1. The largest absolute Gasteiger partial charge is 0.484 e. The molecule has 1 amide bonds. The number of hydrogen-bond donors (Lipinski definition) is 1. The summed E-state index contributed by atoms with van der Waals surface area (Å²) in [5, 5.41) is 8.59. The second-order valence-corrected chi connectivity index (χ2v) is 7.15. The topological polar surface area (TPSA) is 86.1 Å². The van der Waals surface area contributed by atoms with Crippen molar-refractivity contribution in [3.63, 3.8) is 0 Å². The Labute approximate surface area is 179 Å². The van der Waals surface area contributed by atoms with Crippen molar-refractivity contribution < 1.29 is 9.53 Å². The Morgan fingerprint density at radius 2 is 1.74 bits per heavy atom. The standard InChI is InChI=1S/C24H22N4O3/c1-17-9-11-19(12-10-17)31-16-23(29)26-14-22-20-7-2-3-8-21(20)24(30)28(27-22)15-18-6-4-5-13-25-18/h2-13H,14-16H2,1H3,(H,26,29). The zero-order valence-electron chi connectivity index (χ0n) is 17.1. The molecule has 4 aromatic rings. The Hall–Kier alpha value is -4.00. The third kappa shape index (κ3) is 4.95. The van der Waals surface area contributed by atoms with Crippen molar-refractivity contribution in [1.29, 1.82) is 0 Å². The molecule has 0 radical (unpaired) electrons. The third-order valence-corrected chi connectivity index (χ3v) is 4.83. The van der Waals surface area contributed by atoms with Gasteiger partial charge in [0, 0.05) is 11.6 Å². The first-order valence-corrected chi connectivity index (χ1v) is 9.95. The van der Waals surface area contributed by atoms with Gasteiger partial charge in [-0.25, -0.2) is 4.68 Å². The molecular formula is C24H22N4O3. The minimum absolute atomic E-state index is 0.103. The van der Waals surface area contributed by atoms with Crippen molar-refractivity contribution in [1.82, 2.24) is 20.1 Å². The highest BCUT2D eigenvalue weighted by molar-refractivity contribution is 5.84. The molecule has 7 nitrogen and oxygen atoms in total. The summed E-state index contributed by atoms with van der Waals surface area (Å²) in [6.45, 7) is 2.32. The lowest BCUT2D eigenvalue weighted by Gasteiger charge is -2.12. The maximum atomic E-state index is 12.9. The summed E-state index contributed by atoms with van der Waals surface area (Å²) in [4.78, 5) is 29.4. The van der Waals surface area contributed by atoms with E-state index >= 15 is 0 Å². The molecule has 0 saturated carbocycles. The smallest absolute Gasteiger partial charge is 0.275 e. The van der Waals surface area contributed by atoms with Gasteiger partial charge in [0.25, 0.3) is 11.5 Å². The van der Waals surface area contributed by atoms with E-state index in [1.807, 2.05) is 67.6 Å². The molecule has 0 bridgehead atoms. The van der Waals surface area contributed by atoms with Crippen LogP contribution >= 0.6 is 0 Å². The highest BCUT2D eigenvalue weighted by atomic mass is 16.5. The number of nitrogens with one attached hydrogen (secondary N) is 1. The molecule has 7 heteroatoms. The van der Waals surface area contributed by atoms with Crippen LogP contribution in [-0.4, -0.2) is 27.3 Å². The summed E-state index contributed by atoms with van der Waals surface area (Å²) in [7, 11) is 0.